The van der Waals surface area contributed by atoms with E-state index in [4.69, 9.17) is 9.26 Å². The third-order valence-corrected chi connectivity index (χ3v) is 3.93. The molecule has 7 nitrogen and oxygen atoms in total. The number of nitrogens with zero attached hydrogens (tertiary/aromatic N) is 2. The second kappa shape index (κ2) is 7.92. The first-order chi connectivity index (χ1) is 11.7. The lowest BCUT2D eigenvalue weighted by molar-refractivity contribution is 0.0120. The second-order valence-electron chi connectivity index (χ2n) is 5.88. The summed E-state index contributed by atoms with van der Waals surface area (Å²) in [5.74, 6) is 1.01. The second-order valence-corrected chi connectivity index (χ2v) is 5.88. The smallest absolute Gasteiger partial charge is 0.319 e. The average molecular weight is 330 g/mol. The minimum atomic E-state index is -0.229. The van der Waals surface area contributed by atoms with E-state index in [9.17, 15) is 4.79 Å². The number of hydrogen-bond donors (Lipinski definition) is 2. The predicted molar refractivity (Wildman–Crippen MR) is 89.7 cm³/mol. The molecule has 2 amide bonds. The zero-order valence-electron chi connectivity index (χ0n) is 13.7. The lowest BCUT2D eigenvalue weighted by Crippen LogP contribution is -2.32. The molecular formula is C17H22N4O3. The summed E-state index contributed by atoms with van der Waals surface area (Å²) >= 11 is 0. The number of rotatable bonds is 5. The molecule has 0 aliphatic carbocycles. The maximum Gasteiger partial charge on any atom is 0.319 e. The molecule has 24 heavy (non-hydrogen) atoms. The normalized spacial score (nSPS) is 17.5. The molecule has 2 aromatic rings. The summed E-state index contributed by atoms with van der Waals surface area (Å²) in [6, 6.07) is 7.11. The van der Waals surface area contributed by atoms with Gasteiger partial charge in [0.1, 0.15) is 0 Å². The van der Waals surface area contributed by atoms with Crippen molar-refractivity contribution < 1.29 is 14.1 Å². The summed E-state index contributed by atoms with van der Waals surface area (Å²) < 4.78 is 10.6. The maximum absolute atomic E-state index is 12.0. The van der Waals surface area contributed by atoms with Gasteiger partial charge in [-0.25, -0.2) is 4.79 Å². The Morgan fingerprint density at radius 1 is 1.38 bits per heavy atom. The van der Waals surface area contributed by atoms with Gasteiger partial charge in [0.05, 0.1) is 6.10 Å². The Balaban J connectivity index is 1.49. The SMILES string of the molecule is Cc1nc(-c2cccc(NC(=O)NCC[C@@H]3CCCCO3)c2)no1. The highest BCUT2D eigenvalue weighted by Crippen LogP contribution is 2.20. The van der Waals surface area contributed by atoms with E-state index in [1.54, 1.807) is 6.92 Å². The van der Waals surface area contributed by atoms with Crippen LogP contribution in [0.3, 0.4) is 0 Å². The van der Waals surface area contributed by atoms with Gasteiger partial charge in [-0.15, -0.1) is 0 Å². The molecule has 0 saturated carbocycles. The van der Waals surface area contributed by atoms with Crippen LogP contribution in [0.15, 0.2) is 28.8 Å². The van der Waals surface area contributed by atoms with Crippen LogP contribution in [0.5, 0.6) is 0 Å². The van der Waals surface area contributed by atoms with E-state index in [1.165, 1.54) is 6.42 Å². The number of hydrogen-bond acceptors (Lipinski definition) is 5. The topological polar surface area (TPSA) is 89.3 Å². The van der Waals surface area contributed by atoms with Gasteiger partial charge in [0.25, 0.3) is 0 Å². The molecule has 0 spiro atoms. The van der Waals surface area contributed by atoms with Crippen molar-refractivity contribution >= 4 is 11.7 Å². The summed E-state index contributed by atoms with van der Waals surface area (Å²) in [5, 5.41) is 9.56. The van der Waals surface area contributed by atoms with Crippen molar-refractivity contribution in [2.45, 2.75) is 38.7 Å². The number of carbonyl (C=O) groups excluding carboxylic acids is 1. The molecule has 1 saturated heterocycles. The van der Waals surface area contributed by atoms with Crippen LogP contribution in [-0.4, -0.2) is 35.4 Å². The average Bonchev–Trinajstić information content (AvgIpc) is 3.03. The van der Waals surface area contributed by atoms with Gasteiger partial charge in [0.15, 0.2) is 0 Å². The fourth-order valence-electron chi connectivity index (χ4n) is 2.71. The molecule has 1 aliphatic rings. The maximum atomic E-state index is 12.0. The lowest BCUT2D eigenvalue weighted by atomic mass is 10.1. The monoisotopic (exact) mass is 330 g/mol. The van der Waals surface area contributed by atoms with Gasteiger partial charge in [-0.05, 0) is 37.8 Å². The highest BCUT2D eigenvalue weighted by Gasteiger charge is 2.14. The van der Waals surface area contributed by atoms with E-state index in [0.29, 0.717) is 23.9 Å². The van der Waals surface area contributed by atoms with Crippen LogP contribution in [0.25, 0.3) is 11.4 Å². The zero-order chi connectivity index (χ0) is 16.8. The van der Waals surface area contributed by atoms with E-state index < -0.39 is 0 Å². The van der Waals surface area contributed by atoms with Gasteiger partial charge in [-0.3, -0.25) is 0 Å². The third kappa shape index (κ3) is 4.55. The van der Waals surface area contributed by atoms with Crippen LogP contribution in [0, 0.1) is 6.92 Å². The van der Waals surface area contributed by atoms with Crippen LogP contribution in [0.2, 0.25) is 0 Å². The Bertz CT molecular complexity index is 680. The molecule has 3 rings (SSSR count). The number of benzene rings is 1. The van der Waals surface area contributed by atoms with Crippen molar-refractivity contribution in [1.82, 2.24) is 15.5 Å². The first kappa shape index (κ1) is 16.4. The quantitative estimate of drug-likeness (QED) is 0.879. The van der Waals surface area contributed by atoms with E-state index in [0.717, 1.165) is 31.4 Å². The standard InChI is InChI=1S/C17H22N4O3/c1-12-19-16(21-24-12)13-5-4-6-14(11-13)20-17(22)18-9-8-15-7-2-3-10-23-15/h4-6,11,15H,2-3,7-10H2,1H3,(H2,18,20,22)/t15-/m0/s1. The van der Waals surface area contributed by atoms with Gasteiger partial charge >= 0.3 is 6.03 Å². The fraction of sp³-hybridized carbons (Fsp3) is 0.471. The number of anilines is 1. The van der Waals surface area contributed by atoms with Crippen LogP contribution in [0.1, 0.15) is 31.6 Å². The van der Waals surface area contributed by atoms with E-state index in [1.807, 2.05) is 24.3 Å². The number of carbonyl (C=O) groups is 1. The summed E-state index contributed by atoms with van der Waals surface area (Å²) in [7, 11) is 0. The first-order valence-corrected chi connectivity index (χ1v) is 8.28. The number of nitrogens with one attached hydrogen (secondary N) is 2. The Morgan fingerprint density at radius 2 is 2.29 bits per heavy atom. The highest BCUT2D eigenvalue weighted by atomic mass is 16.5. The van der Waals surface area contributed by atoms with Crippen LogP contribution < -0.4 is 10.6 Å². The Kier molecular flexibility index (Phi) is 5.43. The van der Waals surface area contributed by atoms with Gasteiger partial charge in [-0.2, -0.15) is 4.98 Å². The minimum absolute atomic E-state index is 0.229. The van der Waals surface area contributed by atoms with E-state index >= 15 is 0 Å². The minimum Gasteiger partial charge on any atom is -0.378 e. The molecule has 128 valence electrons. The fourth-order valence-corrected chi connectivity index (χ4v) is 2.71. The molecule has 1 atom stereocenters. The molecule has 0 radical (unpaired) electrons. The highest BCUT2D eigenvalue weighted by molar-refractivity contribution is 5.89. The number of urea groups is 1. The molecule has 2 heterocycles. The predicted octanol–water partition coefficient (Wildman–Crippen LogP) is 3.13. The van der Waals surface area contributed by atoms with Crippen LogP contribution >= 0.6 is 0 Å². The first-order valence-electron chi connectivity index (χ1n) is 8.28. The van der Waals surface area contributed by atoms with Crippen molar-refractivity contribution in [2.24, 2.45) is 0 Å². The molecule has 1 fully saturated rings. The number of ether oxygens (including phenoxy) is 1. The molecule has 1 aliphatic heterocycles. The van der Waals surface area contributed by atoms with Gasteiger partial charge in [0.2, 0.25) is 11.7 Å². The third-order valence-electron chi connectivity index (χ3n) is 3.93. The van der Waals surface area contributed by atoms with Crippen molar-refractivity contribution in [2.75, 3.05) is 18.5 Å². The molecule has 1 aromatic carbocycles. The van der Waals surface area contributed by atoms with Gasteiger partial charge in [0, 0.05) is 31.3 Å². The summed E-state index contributed by atoms with van der Waals surface area (Å²) in [4.78, 5) is 16.2. The molecule has 0 unspecified atom stereocenters. The van der Waals surface area contributed by atoms with Crippen LogP contribution in [-0.2, 0) is 4.74 Å². The molecule has 2 N–H and O–H groups in total. The number of amides is 2. The van der Waals surface area contributed by atoms with Gasteiger partial charge < -0.3 is 19.9 Å². The van der Waals surface area contributed by atoms with Crippen LogP contribution in [0.4, 0.5) is 10.5 Å². The number of aryl methyl sites for hydroxylation is 1. The Morgan fingerprint density at radius 3 is 3.04 bits per heavy atom. The molecule has 1 aromatic heterocycles. The van der Waals surface area contributed by atoms with Crippen molar-refractivity contribution in [3.8, 4) is 11.4 Å². The number of aromatic nitrogens is 2. The summed E-state index contributed by atoms with van der Waals surface area (Å²) in [5.41, 5.74) is 1.47. The van der Waals surface area contributed by atoms with E-state index in [2.05, 4.69) is 20.8 Å². The van der Waals surface area contributed by atoms with Crippen molar-refractivity contribution in [3.05, 3.63) is 30.2 Å². The summed E-state index contributed by atoms with van der Waals surface area (Å²) in [6.45, 7) is 3.17. The molecule has 0 bridgehead atoms. The Labute approximate surface area is 140 Å². The molecular weight excluding hydrogens is 308 g/mol. The summed E-state index contributed by atoms with van der Waals surface area (Å²) in [6.07, 6.45) is 4.54. The Hall–Kier alpha value is -2.41. The zero-order valence-corrected chi connectivity index (χ0v) is 13.7. The van der Waals surface area contributed by atoms with E-state index in [-0.39, 0.29) is 12.1 Å². The molecule has 7 heteroatoms. The van der Waals surface area contributed by atoms with Crippen molar-refractivity contribution in [1.29, 1.82) is 0 Å². The van der Waals surface area contributed by atoms with Crippen molar-refractivity contribution in [3.63, 3.8) is 0 Å². The largest absolute Gasteiger partial charge is 0.378 e. The lowest BCUT2D eigenvalue weighted by Gasteiger charge is -2.22. The van der Waals surface area contributed by atoms with Gasteiger partial charge in [-0.1, -0.05) is 17.3 Å².